The van der Waals surface area contributed by atoms with E-state index in [0.717, 1.165) is 5.56 Å². The van der Waals surface area contributed by atoms with E-state index >= 15 is 0 Å². The van der Waals surface area contributed by atoms with Crippen LogP contribution >= 0.6 is 11.3 Å². The molecule has 3 rings (SSSR count). The fourth-order valence-electron chi connectivity index (χ4n) is 2.07. The normalized spacial score (nSPS) is 11.0. The molecular weight excluding hydrogens is 340 g/mol. The van der Waals surface area contributed by atoms with Crippen molar-refractivity contribution < 1.29 is 18.4 Å². The number of hydrogen-bond donors (Lipinski definition) is 1. The SMILES string of the molecule is O=[N+]([O-])c1ccc2nc(NCc3ccc(OC(F)F)cc3)sc2c1. The van der Waals surface area contributed by atoms with Crippen molar-refractivity contribution >= 4 is 32.4 Å². The number of nitrogens with one attached hydrogen (secondary N) is 1. The van der Waals surface area contributed by atoms with Crippen LogP contribution < -0.4 is 10.1 Å². The Kier molecular flexibility index (Phi) is 4.52. The van der Waals surface area contributed by atoms with Crippen molar-refractivity contribution in [3.8, 4) is 5.75 Å². The zero-order chi connectivity index (χ0) is 17.1. The van der Waals surface area contributed by atoms with Crippen LogP contribution in [0.2, 0.25) is 0 Å². The highest BCUT2D eigenvalue weighted by Gasteiger charge is 2.10. The van der Waals surface area contributed by atoms with Gasteiger partial charge in [0.2, 0.25) is 0 Å². The molecular formula is C15H11F2N3O3S. The molecule has 0 saturated carbocycles. The van der Waals surface area contributed by atoms with Gasteiger partial charge in [-0.05, 0) is 23.8 Å². The van der Waals surface area contributed by atoms with Crippen molar-refractivity contribution in [1.29, 1.82) is 0 Å². The van der Waals surface area contributed by atoms with Gasteiger partial charge in [-0.2, -0.15) is 8.78 Å². The Balaban J connectivity index is 1.68. The van der Waals surface area contributed by atoms with E-state index < -0.39 is 11.5 Å². The van der Waals surface area contributed by atoms with Crippen LogP contribution in [0, 0.1) is 10.1 Å². The predicted octanol–water partition coefficient (Wildman–Crippen LogP) is 4.42. The third kappa shape index (κ3) is 3.74. The van der Waals surface area contributed by atoms with E-state index in [-0.39, 0.29) is 11.4 Å². The molecule has 0 aliphatic carbocycles. The minimum absolute atomic E-state index is 0.0207. The average Bonchev–Trinajstić information content (AvgIpc) is 2.95. The lowest BCUT2D eigenvalue weighted by atomic mass is 10.2. The Labute approximate surface area is 138 Å². The van der Waals surface area contributed by atoms with Crippen molar-refractivity contribution in [2.45, 2.75) is 13.2 Å². The monoisotopic (exact) mass is 351 g/mol. The molecule has 1 heterocycles. The molecule has 0 radical (unpaired) electrons. The molecule has 0 amide bonds. The molecule has 1 N–H and O–H groups in total. The molecule has 0 atom stereocenters. The Morgan fingerprint density at radius 2 is 2.00 bits per heavy atom. The number of rotatable bonds is 6. The van der Waals surface area contributed by atoms with Crippen molar-refractivity contribution in [1.82, 2.24) is 4.98 Å². The van der Waals surface area contributed by atoms with Gasteiger partial charge in [0, 0.05) is 18.7 Å². The van der Waals surface area contributed by atoms with Gasteiger partial charge in [-0.1, -0.05) is 23.5 Å². The van der Waals surface area contributed by atoms with Crippen LogP contribution in [0.3, 0.4) is 0 Å². The first-order valence-electron chi connectivity index (χ1n) is 6.84. The number of thiazole rings is 1. The van der Waals surface area contributed by atoms with E-state index in [9.17, 15) is 18.9 Å². The molecule has 0 spiro atoms. The zero-order valence-electron chi connectivity index (χ0n) is 12.1. The lowest BCUT2D eigenvalue weighted by Gasteiger charge is -2.06. The van der Waals surface area contributed by atoms with Gasteiger partial charge in [-0.25, -0.2) is 4.98 Å². The molecule has 24 heavy (non-hydrogen) atoms. The van der Waals surface area contributed by atoms with E-state index in [1.54, 1.807) is 18.2 Å². The maximum Gasteiger partial charge on any atom is 0.387 e. The molecule has 0 fully saturated rings. The first kappa shape index (κ1) is 16.1. The Hall–Kier alpha value is -2.81. The van der Waals surface area contributed by atoms with Gasteiger partial charge < -0.3 is 10.1 Å². The lowest BCUT2D eigenvalue weighted by Crippen LogP contribution is -2.02. The van der Waals surface area contributed by atoms with Gasteiger partial charge in [-0.15, -0.1) is 0 Å². The van der Waals surface area contributed by atoms with Crippen LogP contribution in [-0.2, 0) is 6.54 Å². The summed E-state index contributed by atoms with van der Waals surface area (Å²) in [5.74, 6) is 0.0982. The number of non-ortho nitro benzene ring substituents is 1. The summed E-state index contributed by atoms with van der Waals surface area (Å²) < 4.78 is 29.2. The summed E-state index contributed by atoms with van der Waals surface area (Å²) in [6.07, 6.45) is 0. The topological polar surface area (TPSA) is 77.3 Å². The summed E-state index contributed by atoms with van der Waals surface area (Å²) >= 11 is 1.31. The highest BCUT2D eigenvalue weighted by atomic mass is 32.1. The fourth-order valence-corrected chi connectivity index (χ4v) is 2.96. The minimum Gasteiger partial charge on any atom is -0.435 e. The number of fused-ring (bicyclic) bond motifs is 1. The molecule has 9 heteroatoms. The van der Waals surface area contributed by atoms with Crippen LogP contribution in [-0.4, -0.2) is 16.5 Å². The summed E-state index contributed by atoms with van der Waals surface area (Å²) in [5.41, 5.74) is 1.56. The smallest absolute Gasteiger partial charge is 0.387 e. The summed E-state index contributed by atoms with van der Waals surface area (Å²) in [4.78, 5) is 14.7. The number of nitro groups is 1. The van der Waals surface area contributed by atoms with Crippen LogP contribution in [0.5, 0.6) is 5.75 Å². The number of benzene rings is 2. The van der Waals surface area contributed by atoms with E-state index in [0.29, 0.717) is 21.9 Å². The molecule has 124 valence electrons. The van der Waals surface area contributed by atoms with Gasteiger partial charge in [0.1, 0.15) is 5.75 Å². The van der Waals surface area contributed by atoms with Crippen molar-refractivity contribution in [2.75, 3.05) is 5.32 Å². The molecule has 0 bridgehead atoms. The average molecular weight is 351 g/mol. The highest BCUT2D eigenvalue weighted by molar-refractivity contribution is 7.22. The van der Waals surface area contributed by atoms with Crippen LogP contribution in [0.25, 0.3) is 10.2 Å². The third-order valence-electron chi connectivity index (χ3n) is 3.18. The lowest BCUT2D eigenvalue weighted by molar-refractivity contribution is -0.384. The number of hydrogen-bond acceptors (Lipinski definition) is 6. The highest BCUT2D eigenvalue weighted by Crippen LogP contribution is 2.29. The Morgan fingerprint density at radius 3 is 2.67 bits per heavy atom. The number of halogens is 2. The molecule has 3 aromatic rings. The quantitative estimate of drug-likeness (QED) is 0.525. The first-order chi connectivity index (χ1) is 11.5. The number of nitrogens with zero attached hydrogens (tertiary/aromatic N) is 2. The fraction of sp³-hybridized carbons (Fsp3) is 0.133. The van der Waals surface area contributed by atoms with Gasteiger partial charge in [0.05, 0.1) is 15.1 Å². The molecule has 0 aliphatic rings. The van der Waals surface area contributed by atoms with Crippen molar-refractivity contribution in [3.05, 3.63) is 58.1 Å². The zero-order valence-corrected chi connectivity index (χ0v) is 12.9. The summed E-state index contributed by atoms with van der Waals surface area (Å²) in [6.45, 7) is -2.41. The summed E-state index contributed by atoms with van der Waals surface area (Å²) in [7, 11) is 0. The van der Waals surface area contributed by atoms with Crippen molar-refractivity contribution in [3.63, 3.8) is 0 Å². The first-order valence-corrected chi connectivity index (χ1v) is 7.65. The van der Waals surface area contributed by atoms with Crippen LogP contribution in [0.15, 0.2) is 42.5 Å². The summed E-state index contributed by atoms with van der Waals surface area (Å²) in [6, 6.07) is 10.8. The number of ether oxygens (including phenoxy) is 1. The minimum atomic E-state index is -2.85. The van der Waals surface area contributed by atoms with Crippen molar-refractivity contribution in [2.24, 2.45) is 0 Å². The van der Waals surface area contributed by atoms with Crippen LogP contribution in [0.4, 0.5) is 19.6 Å². The van der Waals surface area contributed by atoms with E-state index in [2.05, 4.69) is 15.0 Å². The Morgan fingerprint density at radius 1 is 1.25 bits per heavy atom. The Bertz CT molecular complexity index is 868. The third-order valence-corrected chi connectivity index (χ3v) is 4.15. The van der Waals surface area contributed by atoms with E-state index in [1.165, 1.54) is 35.6 Å². The maximum absolute atomic E-state index is 12.1. The number of alkyl halides is 2. The van der Waals surface area contributed by atoms with Gasteiger partial charge in [0.25, 0.3) is 5.69 Å². The predicted molar refractivity (Wildman–Crippen MR) is 86.7 cm³/mol. The molecule has 0 unspecified atom stereocenters. The number of anilines is 1. The van der Waals surface area contributed by atoms with E-state index in [1.807, 2.05) is 0 Å². The van der Waals surface area contributed by atoms with Crippen LogP contribution in [0.1, 0.15) is 5.56 Å². The summed E-state index contributed by atoms with van der Waals surface area (Å²) in [5, 5.41) is 14.5. The maximum atomic E-state index is 12.1. The second-order valence-corrected chi connectivity index (χ2v) is 5.83. The molecule has 0 saturated heterocycles. The number of nitro benzene ring substituents is 1. The van der Waals surface area contributed by atoms with E-state index in [4.69, 9.17) is 0 Å². The largest absolute Gasteiger partial charge is 0.435 e. The van der Waals surface area contributed by atoms with Gasteiger partial charge >= 0.3 is 6.61 Å². The molecule has 2 aromatic carbocycles. The second kappa shape index (κ2) is 6.75. The molecule has 6 nitrogen and oxygen atoms in total. The standard InChI is InChI=1S/C15H11F2N3O3S/c16-14(17)23-11-4-1-9(2-5-11)8-18-15-19-12-6-3-10(20(21)22)7-13(12)24-15/h1-7,14H,8H2,(H,18,19). The van der Waals surface area contributed by atoms with Gasteiger partial charge in [-0.3, -0.25) is 10.1 Å². The molecule has 1 aromatic heterocycles. The molecule has 0 aliphatic heterocycles. The second-order valence-electron chi connectivity index (χ2n) is 4.80. The van der Waals surface area contributed by atoms with Gasteiger partial charge in [0.15, 0.2) is 5.13 Å². The number of aromatic nitrogens is 1.